The van der Waals surface area contributed by atoms with Crippen LogP contribution in [0, 0.1) is 6.92 Å². The van der Waals surface area contributed by atoms with Crippen molar-refractivity contribution in [2.45, 2.75) is 13.8 Å². The van der Waals surface area contributed by atoms with E-state index in [1.807, 2.05) is 11.0 Å². The van der Waals surface area contributed by atoms with E-state index in [9.17, 15) is 14.4 Å². The largest absolute Gasteiger partial charge is 0.462 e. The van der Waals surface area contributed by atoms with Crippen molar-refractivity contribution in [2.75, 3.05) is 44.6 Å². The molecule has 0 spiro atoms. The number of esters is 1. The molecule has 3 heterocycles. The molecule has 3 aromatic rings. The Morgan fingerprint density at radius 1 is 1.12 bits per heavy atom. The molecule has 0 bridgehead atoms. The number of nitrogens with one attached hydrogen (secondary N) is 1. The molecule has 1 aliphatic heterocycles. The number of aromatic nitrogens is 1. The molecular weight excluding hydrogens is 519 g/mol. The second kappa shape index (κ2) is 10.6. The van der Waals surface area contributed by atoms with Crippen molar-refractivity contribution in [3.8, 4) is 0 Å². The van der Waals surface area contributed by atoms with E-state index < -0.39 is 5.97 Å². The molecule has 0 atom stereocenters. The number of benzene rings is 1. The number of nitrogens with zero attached hydrogens (tertiary/aromatic N) is 3. The van der Waals surface area contributed by atoms with Gasteiger partial charge in [-0.1, -0.05) is 40.6 Å². The Morgan fingerprint density at radius 2 is 1.85 bits per heavy atom. The predicted molar refractivity (Wildman–Crippen MR) is 136 cm³/mol. The number of amides is 2. The van der Waals surface area contributed by atoms with E-state index in [1.54, 1.807) is 30.9 Å². The summed E-state index contributed by atoms with van der Waals surface area (Å²) in [6.07, 6.45) is 0. The van der Waals surface area contributed by atoms with E-state index in [0.29, 0.717) is 56.8 Å². The highest BCUT2D eigenvalue weighted by Gasteiger charge is 2.27. The van der Waals surface area contributed by atoms with Crippen LogP contribution in [0.25, 0.3) is 10.1 Å². The Bertz CT molecular complexity index is 1250. The van der Waals surface area contributed by atoms with Gasteiger partial charge in [0.1, 0.15) is 9.75 Å². The molecular formula is C22H22Cl2N4O4S2. The zero-order valence-corrected chi connectivity index (χ0v) is 21.7. The van der Waals surface area contributed by atoms with Crippen LogP contribution in [0.4, 0.5) is 5.13 Å². The molecule has 0 unspecified atom stereocenters. The average molecular weight is 541 g/mol. The number of ether oxygens (including phenoxy) is 1. The molecule has 0 aliphatic carbocycles. The summed E-state index contributed by atoms with van der Waals surface area (Å²) in [6.45, 7) is 5.95. The number of hydrogen-bond acceptors (Lipinski definition) is 8. The molecule has 12 heteroatoms. The zero-order valence-electron chi connectivity index (χ0n) is 18.5. The van der Waals surface area contributed by atoms with Crippen LogP contribution in [0.15, 0.2) is 18.2 Å². The van der Waals surface area contributed by atoms with Crippen LogP contribution in [0.2, 0.25) is 10.0 Å². The highest BCUT2D eigenvalue weighted by Crippen LogP contribution is 2.37. The van der Waals surface area contributed by atoms with Gasteiger partial charge in [-0.15, -0.1) is 11.3 Å². The lowest BCUT2D eigenvalue weighted by molar-refractivity contribution is -0.117. The van der Waals surface area contributed by atoms with Crippen molar-refractivity contribution in [1.29, 1.82) is 0 Å². The van der Waals surface area contributed by atoms with Crippen LogP contribution in [0.3, 0.4) is 0 Å². The van der Waals surface area contributed by atoms with Crippen molar-refractivity contribution in [2.24, 2.45) is 0 Å². The second-order valence-electron chi connectivity index (χ2n) is 7.66. The second-order valence-corrected chi connectivity index (χ2v) is 10.5. The molecule has 1 N–H and O–H groups in total. The molecule has 34 heavy (non-hydrogen) atoms. The fraction of sp³-hybridized carbons (Fsp3) is 0.364. The summed E-state index contributed by atoms with van der Waals surface area (Å²) in [5.41, 5.74) is 0.521. The third-order valence-electron chi connectivity index (χ3n) is 5.32. The highest BCUT2D eigenvalue weighted by atomic mass is 35.5. The topological polar surface area (TPSA) is 91.8 Å². The molecule has 1 saturated heterocycles. The van der Waals surface area contributed by atoms with Gasteiger partial charge in [0.2, 0.25) is 5.91 Å². The minimum absolute atomic E-state index is 0.115. The first-order chi connectivity index (χ1) is 16.3. The first-order valence-corrected chi connectivity index (χ1v) is 13.0. The van der Waals surface area contributed by atoms with Crippen molar-refractivity contribution in [3.63, 3.8) is 0 Å². The van der Waals surface area contributed by atoms with Crippen molar-refractivity contribution in [3.05, 3.63) is 43.7 Å². The van der Waals surface area contributed by atoms with Gasteiger partial charge in [0, 0.05) is 41.3 Å². The number of piperazine rings is 1. The third kappa shape index (κ3) is 5.36. The minimum Gasteiger partial charge on any atom is -0.462 e. The van der Waals surface area contributed by atoms with Crippen LogP contribution in [0.1, 0.15) is 32.0 Å². The lowest BCUT2D eigenvalue weighted by atomic mass is 10.2. The number of thiazole rings is 1. The van der Waals surface area contributed by atoms with Crippen molar-refractivity contribution in [1.82, 2.24) is 14.8 Å². The maximum atomic E-state index is 13.1. The summed E-state index contributed by atoms with van der Waals surface area (Å²) in [4.78, 5) is 46.3. The van der Waals surface area contributed by atoms with Crippen LogP contribution in [0.5, 0.6) is 0 Å². The van der Waals surface area contributed by atoms with Crippen LogP contribution in [-0.4, -0.2) is 71.9 Å². The molecule has 0 saturated carbocycles. The molecule has 8 nitrogen and oxygen atoms in total. The predicted octanol–water partition coefficient (Wildman–Crippen LogP) is 4.55. The van der Waals surface area contributed by atoms with Gasteiger partial charge in [-0.3, -0.25) is 14.5 Å². The molecule has 1 fully saturated rings. The van der Waals surface area contributed by atoms with Crippen molar-refractivity contribution >= 4 is 78.9 Å². The van der Waals surface area contributed by atoms with E-state index in [1.165, 1.54) is 11.3 Å². The lowest BCUT2D eigenvalue weighted by Crippen LogP contribution is -2.50. The number of anilines is 1. The Hall–Kier alpha value is -2.24. The van der Waals surface area contributed by atoms with Crippen LogP contribution < -0.4 is 5.32 Å². The number of carbonyl (C=O) groups excluding carboxylic acids is 3. The first-order valence-electron chi connectivity index (χ1n) is 10.6. The summed E-state index contributed by atoms with van der Waals surface area (Å²) in [7, 11) is 0. The quantitative estimate of drug-likeness (QED) is 0.461. The van der Waals surface area contributed by atoms with E-state index >= 15 is 0 Å². The highest BCUT2D eigenvalue weighted by molar-refractivity contribution is 7.21. The van der Waals surface area contributed by atoms with Gasteiger partial charge >= 0.3 is 5.97 Å². The zero-order chi connectivity index (χ0) is 24.4. The van der Waals surface area contributed by atoms with Gasteiger partial charge in [0.15, 0.2) is 5.13 Å². The molecule has 4 rings (SSSR count). The van der Waals surface area contributed by atoms with Gasteiger partial charge < -0.3 is 15.0 Å². The van der Waals surface area contributed by atoms with Gasteiger partial charge in [-0.25, -0.2) is 9.78 Å². The van der Waals surface area contributed by atoms with E-state index in [0.717, 1.165) is 21.4 Å². The van der Waals surface area contributed by atoms with Crippen LogP contribution >= 0.6 is 45.9 Å². The number of carbonyl (C=O) groups is 3. The summed E-state index contributed by atoms with van der Waals surface area (Å²) >= 11 is 15.0. The Labute approximate surface area is 214 Å². The molecule has 180 valence electrons. The van der Waals surface area contributed by atoms with Gasteiger partial charge in [-0.2, -0.15) is 0 Å². The Kier molecular flexibility index (Phi) is 7.73. The SMILES string of the molecule is CCOC(=O)c1sc(NC(=O)CN2CCN(C(=O)c3sc4cc(Cl)ccc4c3Cl)CC2)nc1C. The first kappa shape index (κ1) is 24.9. The number of thiophene rings is 1. The third-order valence-corrected chi connectivity index (χ3v) is 8.25. The maximum Gasteiger partial charge on any atom is 0.350 e. The Balaban J connectivity index is 1.31. The van der Waals surface area contributed by atoms with Gasteiger partial charge in [0.25, 0.3) is 5.91 Å². The van der Waals surface area contributed by atoms with E-state index in [4.69, 9.17) is 27.9 Å². The lowest BCUT2D eigenvalue weighted by Gasteiger charge is -2.34. The molecule has 0 radical (unpaired) electrons. The minimum atomic E-state index is -0.444. The van der Waals surface area contributed by atoms with Gasteiger partial charge in [-0.05, 0) is 26.0 Å². The summed E-state index contributed by atoms with van der Waals surface area (Å²) in [6, 6.07) is 5.38. The summed E-state index contributed by atoms with van der Waals surface area (Å²) in [5, 5.41) is 4.97. The fourth-order valence-electron chi connectivity index (χ4n) is 3.63. The van der Waals surface area contributed by atoms with Gasteiger partial charge in [0.05, 0.1) is 23.9 Å². The van der Waals surface area contributed by atoms with Crippen LogP contribution in [-0.2, 0) is 9.53 Å². The van der Waals surface area contributed by atoms with Crippen molar-refractivity contribution < 1.29 is 19.1 Å². The standard InChI is InChI=1S/C22H22Cl2N4O4S2/c1-3-32-21(31)18-12(2)25-22(34-18)26-16(29)11-27-6-8-28(9-7-27)20(30)19-17(24)14-5-4-13(23)10-15(14)33-19/h4-5,10H,3,6-9,11H2,1-2H3,(H,25,26,29). The fourth-order valence-corrected chi connectivity index (χ4v) is 6.26. The summed E-state index contributed by atoms with van der Waals surface area (Å²) < 4.78 is 5.88. The molecule has 2 amide bonds. The smallest absolute Gasteiger partial charge is 0.350 e. The summed E-state index contributed by atoms with van der Waals surface area (Å²) in [5.74, 6) is -0.787. The number of halogens is 2. The number of rotatable bonds is 6. The number of fused-ring (bicyclic) bond motifs is 1. The average Bonchev–Trinajstić information content (AvgIpc) is 3.32. The molecule has 1 aliphatic rings. The molecule has 2 aromatic heterocycles. The molecule has 1 aromatic carbocycles. The van der Waals surface area contributed by atoms with E-state index in [2.05, 4.69) is 10.3 Å². The normalized spacial score (nSPS) is 14.4. The van der Waals surface area contributed by atoms with E-state index in [-0.39, 0.29) is 25.0 Å². The number of aryl methyl sites for hydroxylation is 1. The number of hydrogen-bond donors (Lipinski definition) is 1. The monoisotopic (exact) mass is 540 g/mol. The maximum absolute atomic E-state index is 13.1. The Morgan fingerprint density at radius 3 is 2.56 bits per heavy atom.